The molecule has 0 fully saturated rings. The van der Waals surface area contributed by atoms with Gasteiger partial charge in [-0.1, -0.05) is 0 Å². The van der Waals surface area contributed by atoms with Crippen LogP contribution < -0.4 is 5.32 Å². The SMILES string of the molecule is O=C(NCCO)c1cn(-c2ccc(F)cc2)cn1. The molecule has 0 atom stereocenters. The van der Waals surface area contributed by atoms with Crippen molar-refractivity contribution in [3.63, 3.8) is 0 Å². The first-order valence-electron chi connectivity index (χ1n) is 5.39. The lowest BCUT2D eigenvalue weighted by molar-refractivity contribution is 0.0940. The summed E-state index contributed by atoms with van der Waals surface area (Å²) in [4.78, 5) is 15.5. The molecule has 1 amide bonds. The van der Waals surface area contributed by atoms with Crippen LogP contribution in [0.15, 0.2) is 36.8 Å². The van der Waals surface area contributed by atoms with Crippen molar-refractivity contribution >= 4 is 5.91 Å². The first kappa shape index (κ1) is 12.3. The van der Waals surface area contributed by atoms with E-state index in [-0.39, 0.29) is 30.6 Å². The highest BCUT2D eigenvalue weighted by Crippen LogP contribution is 2.09. The molecule has 0 unspecified atom stereocenters. The lowest BCUT2D eigenvalue weighted by atomic mass is 10.3. The van der Waals surface area contributed by atoms with Crippen LogP contribution in [0.3, 0.4) is 0 Å². The molecule has 1 heterocycles. The van der Waals surface area contributed by atoms with Crippen LogP contribution in [0.25, 0.3) is 5.69 Å². The van der Waals surface area contributed by atoms with Crippen molar-refractivity contribution in [3.05, 3.63) is 48.3 Å². The normalized spacial score (nSPS) is 10.3. The van der Waals surface area contributed by atoms with Gasteiger partial charge in [-0.2, -0.15) is 0 Å². The number of carbonyl (C=O) groups is 1. The number of aliphatic hydroxyl groups is 1. The standard InChI is InChI=1S/C12H12FN3O2/c13-9-1-3-10(4-2-9)16-7-11(15-8-16)12(18)14-5-6-17/h1-4,7-8,17H,5-6H2,(H,14,18). The van der Waals surface area contributed by atoms with Crippen LogP contribution in [0.5, 0.6) is 0 Å². The van der Waals surface area contributed by atoms with E-state index in [1.54, 1.807) is 22.9 Å². The Balaban J connectivity index is 2.15. The minimum atomic E-state index is -0.357. The average molecular weight is 249 g/mol. The summed E-state index contributed by atoms with van der Waals surface area (Å²) in [6.07, 6.45) is 3.01. The fourth-order valence-corrected chi connectivity index (χ4v) is 1.45. The van der Waals surface area contributed by atoms with Gasteiger partial charge >= 0.3 is 0 Å². The smallest absolute Gasteiger partial charge is 0.271 e. The van der Waals surface area contributed by atoms with Crippen LogP contribution in [0.2, 0.25) is 0 Å². The molecule has 1 aromatic heterocycles. The summed E-state index contributed by atoms with van der Waals surface area (Å²) in [5.41, 5.74) is 0.956. The van der Waals surface area contributed by atoms with Crippen molar-refractivity contribution < 1.29 is 14.3 Å². The number of halogens is 1. The van der Waals surface area contributed by atoms with Gasteiger partial charge in [-0.05, 0) is 24.3 Å². The molecule has 2 N–H and O–H groups in total. The highest BCUT2D eigenvalue weighted by atomic mass is 19.1. The largest absolute Gasteiger partial charge is 0.395 e. The van der Waals surface area contributed by atoms with E-state index in [4.69, 9.17) is 5.11 Å². The molecule has 0 saturated heterocycles. The van der Waals surface area contributed by atoms with Crippen molar-refractivity contribution in [2.24, 2.45) is 0 Å². The molecule has 0 aliphatic rings. The maximum absolute atomic E-state index is 12.8. The van der Waals surface area contributed by atoms with E-state index >= 15 is 0 Å². The number of amides is 1. The molecular formula is C12H12FN3O2. The van der Waals surface area contributed by atoms with E-state index < -0.39 is 0 Å². The Morgan fingerprint density at radius 2 is 2.11 bits per heavy atom. The van der Waals surface area contributed by atoms with Gasteiger partial charge in [0, 0.05) is 18.4 Å². The molecule has 2 aromatic rings. The molecule has 0 radical (unpaired) electrons. The zero-order valence-electron chi connectivity index (χ0n) is 9.51. The molecule has 94 valence electrons. The van der Waals surface area contributed by atoms with Gasteiger partial charge in [-0.3, -0.25) is 4.79 Å². The number of aromatic nitrogens is 2. The fourth-order valence-electron chi connectivity index (χ4n) is 1.45. The topological polar surface area (TPSA) is 67.2 Å². The number of hydrogen-bond donors (Lipinski definition) is 2. The molecule has 0 spiro atoms. The van der Waals surface area contributed by atoms with E-state index in [2.05, 4.69) is 10.3 Å². The van der Waals surface area contributed by atoms with E-state index in [9.17, 15) is 9.18 Å². The second kappa shape index (κ2) is 5.42. The number of imidazole rings is 1. The summed E-state index contributed by atoms with van der Waals surface area (Å²) >= 11 is 0. The van der Waals surface area contributed by atoms with E-state index in [0.717, 1.165) is 0 Å². The van der Waals surface area contributed by atoms with Gasteiger partial charge in [0.15, 0.2) is 0 Å². The first-order valence-corrected chi connectivity index (χ1v) is 5.39. The monoisotopic (exact) mass is 249 g/mol. The van der Waals surface area contributed by atoms with Gasteiger partial charge in [-0.15, -0.1) is 0 Å². The van der Waals surface area contributed by atoms with Crippen LogP contribution >= 0.6 is 0 Å². The Hall–Kier alpha value is -2.21. The van der Waals surface area contributed by atoms with Crippen LogP contribution in [0, 0.1) is 5.82 Å². The van der Waals surface area contributed by atoms with E-state index in [1.807, 2.05) is 0 Å². The Morgan fingerprint density at radius 3 is 2.78 bits per heavy atom. The number of rotatable bonds is 4. The molecular weight excluding hydrogens is 237 g/mol. The Labute approximate surface area is 103 Å². The summed E-state index contributed by atoms with van der Waals surface area (Å²) in [6, 6.07) is 5.85. The lowest BCUT2D eigenvalue weighted by Crippen LogP contribution is -2.26. The first-order chi connectivity index (χ1) is 8.70. The van der Waals surface area contributed by atoms with Crippen molar-refractivity contribution in [1.29, 1.82) is 0 Å². The van der Waals surface area contributed by atoms with Crippen LogP contribution in [0.4, 0.5) is 4.39 Å². The van der Waals surface area contributed by atoms with Crippen molar-refractivity contribution in [1.82, 2.24) is 14.9 Å². The van der Waals surface area contributed by atoms with Crippen molar-refractivity contribution in [2.45, 2.75) is 0 Å². The Bertz CT molecular complexity index is 537. The molecule has 0 aliphatic carbocycles. The minimum Gasteiger partial charge on any atom is -0.395 e. The summed E-state index contributed by atoms with van der Waals surface area (Å²) in [7, 11) is 0. The molecule has 0 bridgehead atoms. The maximum atomic E-state index is 12.8. The molecule has 6 heteroatoms. The number of aliphatic hydroxyl groups excluding tert-OH is 1. The molecule has 0 saturated carbocycles. The third kappa shape index (κ3) is 2.72. The van der Waals surface area contributed by atoms with Gasteiger partial charge < -0.3 is 15.0 Å². The minimum absolute atomic E-state index is 0.121. The number of carbonyl (C=O) groups excluding carboxylic acids is 1. The summed E-state index contributed by atoms with van der Waals surface area (Å²) < 4.78 is 14.4. The van der Waals surface area contributed by atoms with Gasteiger partial charge in [0.1, 0.15) is 17.8 Å². The summed E-state index contributed by atoms with van der Waals surface area (Å²) in [6.45, 7) is 0.0622. The molecule has 18 heavy (non-hydrogen) atoms. The van der Waals surface area contributed by atoms with Gasteiger partial charge in [0.25, 0.3) is 5.91 Å². The maximum Gasteiger partial charge on any atom is 0.271 e. The van der Waals surface area contributed by atoms with Gasteiger partial charge in [-0.25, -0.2) is 9.37 Å². The number of nitrogens with zero attached hydrogens (tertiary/aromatic N) is 2. The van der Waals surface area contributed by atoms with Crippen molar-refractivity contribution in [3.8, 4) is 5.69 Å². The lowest BCUT2D eigenvalue weighted by Gasteiger charge is -2.01. The number of hydrogen-bond acceptors (Lipinski definition) is 3. The van der Waals surface area contributed by atoms with Crippen LogP contribution in [0.1, 0.15) is 10.5 Å². The molecule has 0 aliphatic heterocycles. The number of nitrogens with one attached hydrogen (secondary N) is 1. The third-order valence-electron chi connectivity index (χ3n) is 2.34. The molecule has 5 nitrogen and oxygen atoms in total. The Morgan fingerprint density at radius 1 is 1.39 bits per heavy atom. The zero-order valence-corrected chi connectivity index (χ0v) is 9.51. The van der Waals surface area contributed by atoms with E-state index in [1.165, 1.54) is 18.5 Å². The Kier molecular flexibility index (Phi) is 3.69. The molecule has 2 rings (SSSR count). The second-order valence-electron chi connectivity index (χ2n) is 3.62. The highest BCUT2D eigenvalue weighted by molar-refractivity contribution is 5.92. The van der Waals surface area contributed by atoms with Gasteiger partial charge in [0.05, 0.1) is 6.61 Å². The van der Waals surface area contributed by atoms with Crippen molar-refractivity contribution in [2.75, 3.05) is 13.2 Å². The predicted molar refractivity (Wildman–Crippen MR) is 62.9 cm³/mol. The average Bonchev–Trinajstić information content (AvgIpc) is 2.86. The van der Waals surface area contributed by atoms with Crippen LogP contribution in [-0.2, 0) is 0 Å². The third-order valence-corrected chi connectivity index (χ3v) is 2.34. The molecule has 1 aromatic carbocycles. The van der Waals surface area contributed by atoms with Crippen LogP contribution in [-0.4, -0.2) is 33.7 Å². The van der Waals surface area contributed by atoms with E-state index in [0.29, 0.717) is 5.69 Å². The second-order valence-corrected chi connectivity index (χ2v) is 3.62. The summed E-state index contributed by atoms with van der Waals surface area (Å²) in [5.74, 6) is -0.676. The summed E-state index contributed by atoms with van der Waals surface area (Å²) in [5, 5.41) is 11.1. The van der Waals surface area contributed by atoms with Gasteiger partial charge in [0.2, 0.25) is 0 Å². The fraction of sp³-hybridized carbons (Fsp3) is 0.167. The number of benzene rings is 1. The zero-order chi connectivity index (χ0) is 13.0. The predicted octanol–water partition coefficient (Wildman–Crippen LogP) is 0.733. The quantitative estimate of drug-likeness (QED) is 0.839. The highest BCUT2D eigenvalue weighted by Gasteiger charge is 2.08.